The minimum absolute atomic E-state index is 0.0163. The Bertz CT molecular complexity index is 614. The first-order valence-electron chi connectivity index (χ1n) is 6.97. The molecule has 3 N–H and O–H groups in total. The summed E-state index contributed by atoms with van der Waals surface area (Å²) in [7, 11) is 0. The highest BCUT2D eigenvalue weighted by atomic mass is 16.2. The Hall–Kier alpha value is -2.32. The maximum absolute atomic E-state index is 12.6. The Labute approximate surface area is 124 Å². The van der Waals surface area contributed by atoms with Crippen LogP contribution in [-0.4, -0.2) is 42.9 Å². The van der Waals surface area contributed by atoms with Crippen molar-refractivity contribution >= 4 is 11.8 Å². The van der Waals surface area contributed by atoms with Crippen LogP contribution >= 0.6 is 0 Å². The fourth-order valence-electron chi connectivity index (χ4n) is 2.23. The first-order valence-corrected chi connectivity index (χ1v) is 6.97. The largest absolute Gasteiger partial charge is 0.354 e. The van der Waals surface area contributed by atoms with Gasteiger partial charge in [0, 0.05) is 31.6 Å². The number of amides is 2. The number of hydrogen-bond donors (Lipinski definition) is 2. The molecule has 1 aromatic rings. The van der Waals surface area contributed by atoms with Crippen LogP contribution in [0.3, 0.4) is 0 Å². The van der Waals surface area contributed by atoms with Gasteiger partial charge in [-0.25, -0.2) is 0 Å². The zero-order chi connectivity index (χ0) is 15.2. The normalized spacial score (nSPS) is 14.8. The molecule has 5 nitrogen and oxygen atoms in total. The van der Waals surface area contributed by atoms with Gasteiger partial charge in [-0.05, 0) is 24.6 Å². The quantitative estimate of drug-likeness (QED) is 0.727. The number of aryl methyl sites for hydroxylation is 1. The third-order valence-corrected chi connectivity index (χ3v) is 3.33. The van der Waals surface area contributed by atoms with E-state index in [0.717, 1.165) is 5.56 Å². The van der Waals surface area contributed by atoms with Crippen molar-refractivity contribution < 1.29 is 9.59 Å². The minimum atomic E-state index is -0.0900. The van der Waals surface area contributed by atoms with Gasteiger partial charge >= 0.3 is 0 Å². The molecule has 0 bridgehead atoms. The zero-order valence-corrected chi connectivity index (χ0v) is 12.1. The van der Waals surface area contributed by atoms with Gasteiger partial charge in [0.2, 0.25) is 5.91 Å². The summed E-state index contributed by atoms with van der Waals surface area (Å²) in [5.74, 6) is 5.64. The number of benzene rings is 1. The summed E-state index contributed by atoms with van der Waals surface area (Å²) >= 11 is 0. The summed E-state index contributed by atoms with van der Waals surface area (Å²) in [6.07, 6.45) is 0.335. The second kappa shape index (κ2) is 6.91. The molecule has 0 atom stereocenters. The van der Waals surface area contributed by atoms with E-state index in [2.05, 4.69) is 17.2 Å². The van der Waals surface area contributed by atoms with Gasteiger partial charge in [0.1, 0.15) is 0 Å². The number of rotatable bonds is 1. The third-order valence-electron chi connectivity index (χ3n) is 3.33. The molecule has 0 unspecified atom stereocenters. The van der Waals surface area contributed by atoms with E-state index < -0.39 is 0 Å². The Balaban J connectivity index is 2.27. The summed E-state index contributed by atoms with van der Waals surface area (Å²) < 4.78 is 0. The maximum Gasteiger partial charge on any atom is 0.255 e. The summed E-state index contributed by atoms with van der Waals surface area (Å²) in [6.45, 7) is 3.64. The van der Waals surface area contributed by atoms with Crippen molar-refractivity contribution in [3.05, 3.63) is 34.9 Å². The lowest BCUT2D eigenvalue weighted by molar-refractivity contribution is -0.120. The van der Waals surface area contributed by atoms with E-state index in [1.54, 1.807) is 11.0 Å². The van der Waals surface area contributed by atoms with Crippen molar-refractivity contribution in [2.24, 2.45) is 5.73 Å². The molecule has 0 aliphatic carbocycles. The van der Waals surface area contributed by atoms with E-state index in [1.807, 2.05) is 19.1 Å². The predicted molar refractivity (Wildman–Crippen MR) is 80.6 cm³/mol. The topological polar surface area (TPSA) is 75.4 Å². The lowest BCUT2D eigenvalue weighted by atomic mass is 10.0. The Morgan fingerprint density at radius 3 is 3.00 bits per heavy atom. The molecule has 0 aromatic heterocycles. The van der Waals surface area contributed by atoms with Crippen LogP contribution in [0.1, 0.15) is 27.9 Å². The second-order valence-corrected chi connectivity index (χ2v) is 4.95. The Morgan fingerprint density at radius 1 is 1.43 bits per heavy atom. The van der Waals surface area contributed by atoms with Crippen molar-refractivity contribution in [1.29, 1.82) is 0 Å². The number of hydrogen-bond acceptors (Lipinski definition) is 3. The van der Waals surface area contributed by atoms with Gasteiger partial charge in [0.05, 0.1) is 12.1 Å². The van der Waals surface area contributed by atoms with Crippen molar-refractivity contribution in [2.75, 3.05) is 26.2 Å². The highest BCUT2D eigenvalue weighted by molar-refractivity contribution is 5.97. The lowest BCUT2D eigenvalue weighted by Gasteiger charge is -2.20. The molecule has 1 fully saturated rings. The molecule has 1 saturated heterocycles. The van der Waals surface area contributed by atoms with Crippen LogP contribution in [-0.2, 0) is 4.79 Å². The van der Waals surface area contributed by atoms with Crippen molar-refractivity contribution in [3.8, 4) is 11.8 Å². The maximum atomic E-state index is 12.6. The predicted octanol–water partition coefficient (Wildman–Crippen LogP) is 0.267. The summed E-state index contributed by atoms with van der Waals surface area (Å²) in [5, 5.41) is 2.76. The molecule has 1 aliphatic rings. The van der Waals surface area contributed by atoms with Gasteiger partial charge in [-0.3, -0.25) is 9.59 Å². The van der Waals surface area contributed by atoms with E-state index in [-0.39, 0.29) is 18.4 Å². The third kappa shape index (κ3) is 3.83. The first kappa shape index (κ1) is 15.1. The molecule has 0 radical (unpaired) electrons. The fourth-order valence-corrected chi connectivity index (χ4v) is 2.23. The molecule has 0 saturated carbocycles. The van der Waals surface area contributed by atoms with Crippen LogP contribution < -0.4 is 11.1 Å². The van der Waals surface area contributed by atoms with Crippen molar-refractivity contribution in [2.45, 2.75) is 13.3 Å². The average Bonchev–Trinajstić information content (AvgIpc) is 2.69. The molecule has 2 rings (SSSR count). The molecule has 21 heavy (non-hydrogen) atoms. The number of nitrogens with one attached hydrogen (secondary N) is 1. The van der Waals surface area contributed by atoms with E-state index >= 15 is 0 Å². The van der Waals surface area contributed by atoms with Gasteiger partial charge in [-0.2, -0.15) is 0 Å². The average molecular weight is 285 g/mol. The van der Waals surface area contributed by atoms with Crippen LogP contribution in [0.2, 0.25) is 0 Å². The molecule has 2 amide bonds. The zero-order valence-electron chi connectivity index (χ0n) is 12.1. The van der Waals surface area contributed by atoms with Crippen molar-refractivity contribution in [3.63, 3.8) is 0 Å². The van der Waals surface area contributed by atoms with E-state index in [9.17, 15) is 9.59 Å². The van der Waals surface area contributed by atoms with E-state index in [1.165, 1.54) is 0 Å². The van der Waals surface area contributed by atoms with Crippen LogP contribution in [0.5, 0.6) is 0 Å². The smallest absolute Gasteiger partial charge is 0.255 e. The lowest BCUT2D eigenvalue weighted by Crippen LogP contribution is -2.34. The highest BCUT2D eigenvalue weighted by Gasteiger charge is 2.21. The highest BCUT2D eigenvalue weighted by Crippen LogP contribution is 2.14. The molecule has 1 heterocycles. The van der Waals surface area contributed by atoms with Crippen LogP contribution in [0.25, 0.3) is 0 Å². The molecule has 5 heteroatoms. The molecule has 110 valence electrons. The number of carbonyl (C=O) groups excluding carboxylic acids is 2. The van der Waals surface area contributed by atoms with Crippen LogP contribution in [0.4, 0.5) is 0 Å². The fraction of sp³-hybridized carbons (Fsp3) is 0.375. The summed E-state index contributed by atoms with van der Waals surface area (Å²) in [6, 6.07) is 5.57. The first-order chi connectivity index (χ1) is 10.1. The standard InChI is InChI=1S/C16H19N3O2/c1-12-4-5-14(13(11-12)3-2-7-17)16(21)19-9-6-15(20)18-8-10-19/h4-5,11H,6-10,17H2,1H3,(H,18,20). The SMILES string of the molecule is Cc1ccc(C(=O)N2CCNC(=O)CC2)c(C#CCN)c1. The number of nitrogens with two attached hydrogens (primary N) is 1. The van der Waals surface area contributed by atoms with E-state index in [0.29, 0.717) is 37.2 Å². The molecular formula is C16H19N3O2. The minimum Gasteiger partial charge on any atom is -0.354 e. The van der Waals surface area contributed by atoms with Crippen LogP contribution in [0, 0.1) is 18.8 Å². The number of carbonyl (C=O) groups is 2. The van der Waals surface area contributed by atoms with Gasteiger partial charge in [-0.15, -0.1) is 0 Å². The molecule has 0 spiro atoms. The van der Waals surface area contributed by atoms with Crippen LogP contribution in [0.15, 0.2) is 18.2 Å². The van der Waals surface area contributed by atoms with E-state index in [4.69, 9.17) is 5.73 Å². The number of nitrogens with zero attached hydrogens (tertiary/aromatic N) is 1. The van der Waals surface area contributed by atoms with Gasteiger partial charge in [0.25, 0.3) is 5.91 Å². The monoisotopic (exact) mass is 285 g/mol. The summed E-state index contributed by atoms with van der Waals surface area (Å²) in [5.41, 5.74) is 7.70. The molecule has 1 aliphatic heterocycles. The Kier molecular flexibility index (Phi) is 4.96. The van der Waals surface area contributed by atoms with Gasteiger partial charge in [0.15, 0.2) is 0 Å². The molecule has 1 aromatic carbocycles. The Morgan fingerprint density at radius 2 is 2.24 bits per heavy atom. The second-order valence-electron chi connectivity index (χ2n) is 4.95. The van der Waals surface area contributed by atoms with Crippen molar-refractivity contribution in [1.82, 2.24) is 10.2 Å². The summed E-state index contributed by atoms with van der Waals surface area (Å²) in [4.78, 5) is 25.7. The van der Waals surface area contributed by atoms with Gasteiger partial charge in [-0.1, -0.05) is 17.9 Å². The molecular weight excluding hydrogens is 266 g/mol. The van der Waals surface area contributed by atoms with Gasteiger partial charge < -0.3 is 16.0 Å².